The Morgan fingerprint density at radius 1 is 1.39 bits per heavy atom. The molecule has 2 rings (SSSR count). The lowest BCUT2D eigenvalue weighted by Gasteiger charge is -2.28. The summed E-state index contributed by atoms with van der Waals surface area (Å²) in [6, 6.07) is 2.53. The molecule has 1 aliphatic heterocycles. The molecule has 1 aromatic rings. The van der Waals surface area contributed by atoms with Gasteiger partial charge in [-0.2, -0.15) is 5.10 Å². The van der Waals surface area contributed by atoms with Crippen molar-refractivity contribution in [3.8, 4) is 0 Å². The van der Waals surface area contributed by atoms with Crippen LogP contribution in [0.1, 0.15) is 45.7 Å². The van der Waals surface area contributed by atoms with E-state index in [0.717, 1.165) is 44.6 Å². The van der Waals surface area contributed by atoms with E-state index in [2.05, 4.69) is 30.8 Å². The van der Waals surface area contributed by atoms with Crippen LogP contribution in [0.25, 0.3) is 0 Å². The summed E-state index contributed by atoms with van der Waals surface area (Å²) in [5, 5.41) is 15.2. The molecular formula is C14H25N3O. The summed E-state index contributed by atoms with van der Waals surface area (Å²) in [4.78, 5) is 2.45. The van der Waals surface area contributed by atoms with Crippen LogP contribution in [-0.2, 0) is 12.1 Å². The number of aliphatic hydroxyl groups is 1. The highest BCUT2D eigenvalue weighted by atomic mass is 16.3. The first-order chi connectivity index (χ1) is 8.57. The average Bonchev–Trinajstić information content (AvgIpc) is 2.73. The van der Waals surface area contributed by atoms with Gasteiger partial charge in [-0.05, 0) is 52.6 Å². The van der Waals surface area contributed by atoms with E-state index in [0.29, 0.717) is 6.04 Å². The molecule has 0 spiro atoms. The second kappa shape index (κ2) is 5.41. The SMILES string of the molecule is CCn1nccc1C1(O)CCCN(C(C)C)CC1. The van der Waals surface area contributed by atoms with Gasteiger partial charge in [0.1, 0.15) is 5.60 Å². The van der Waals surface area contributed by atoms with Crippen molar-refractivity contribution in [2.24, 2.45) is 0 Å². The monoisotopic (exact) mass is 251 g/mol. The molecule has 2 heterocycles. The maximum Gasteiger partial charge on any atom is 0.107 e. The summed E-state index contributed by atoms with van der Waals surface area (Å²) >= 11 is 0. The first-order valence-corrected chi connectivity index (χ1v) is 7.05. The molecule has 1 N–H and O–H groups in total. The highest BCUT2D eigenvalue weighted by Gasteiger charge is 2.34. The fraction of sp³-hybridized carbons (Fsp3) is 0.786. The Morgan fingerprint density at radius 2 is 2.17 bits per heavy atom. The Morgan fingerprint density at radius 3 is 2.83 bits per heavy atom. The quantitative estimate of drug-likeness (QED) is 0.893. The molecule has 0 aromatic carbocycles. The Labute approximate surface area is 110 Å². The van der Waals surface area contributed by atoms with Crippen molar-refractivity contribution in [2.75, 3.05) is 13.1 Å². The summed E-state index contributed by atoms with van der Waals surface area (Å²) < 4.78 is 1.92. The number of hydrogen-bond acceptors (Lipinski definition) is 3. The highest BCUT2D eigenvalue weighted by molar-refractivity contribution is 5.12. The number of hydrogen-bond donors (Lipinski definition) is 1. The molecule has 1 aliphatic rings. The van der Waals surface area contributed by atoms with E-state index < -0.39 is 5.60 Å². The number of rotatable bonds is 3. The fourth-order valence-corrected chi connectivity index (χ4v) is 2.89. The van der Waals surface area contributed by atoms with E-state index >= 15 is 0 Å². The summed E-state index contributed by atoms with van der Waals surface area (Å²) in [6.45, 7) is 9.38. The highest BCUT2D eigenvalue weighted by Crippen LogP contribution is 2.33. The van der Waals surface area contributed by atoms with Gasteiger partial charge in [0.05, 0.1) is 5.69 Å². The van der Waals surface area contributed by atoms with Crippen LogP contribution in [0.3, 0.4) is 0 Å². The Kier molecular flexibility index (Phi) is 4.07. The minimum absolute atomic E-state index is 0.559. The maximum atomic E-state index is 10.9. The topological polar surface area (TPSA) is 41.3 Å². The Balaban J connectivity index is 2.16. The molecule has 1 atom stereocenters. The van der Waals surface area contributed by atoms with Crippen molar-refractivity contribution in [3.05, 3.63) is 18.0 Å². The van der Waals surface area contributed by atoms with Crippen LogP contribution in [-0.4, -0.2) is 38.9 Å². The lowest BCUT2D eigenvalue weighted by molar-refractivity contribution is 0.0118. The lowest BCUT2D eigenvalue weighted by atomic mass is 9.91. The van der Waals surface area contributed by atoms with Crippen molar-refractivity contribution in [1.82, 2.24) is 14.7 Å². The van der Waals surface area contributed by atoms with E-state index in [-0.39, 0.29) is 0 Å². The summed E-state index contributed by atoms with van der Waals surface area (Å²) in [7, 11) is 0. The first-order valence-electron chi connectivity index (χ1n) is 7.05. The maximum absolute atomic E-state index is 10.9. The van der Waals surface area contributed by atoms with Crippen LogP contribution in [0, 0.1) is 0 Å². The van der Waals surface area contributed by atoms with Gasteiger partial charge in [0, 0.05) is 25.3 Å². The van der Waals surface area contributed by atoms with Crippen LogP contribution in [0.5, 0.6) is 0 Å². The minimum Gasteiger partial charge on any atom is -0.384 e. The van der Waals surface area contributed by atoms with Gasteiger partial charge >= 0.3 is 0 Å². The van der Waals surface area contributed by atoms with Crippen molar-refractivity contribution in [2.45, 2.75) is 58.2 Å². The number of nitrogens with zero attached hydrogens (tertiary/aromatic N) is 3. The molecule has 102 valence electrons. The standard InChI is InChI=1S/C14H25N3O/c1-4-17-13(6-9-15-17)14(18)7-5-10-16(11-8-14)12(2)3/h6,9,12,18H,4-5,7-8,10-11H2,1-3H3. The van der Waals surface area contributed by atoms with Gasteiger partial charge in [0.2, 0.25) is 0 Å². The van der Waals surface area contributed by atoms with Gasteiger partial charge < -0.3 is 10.0 Å². The molecule has 4 nitrogen and oxygen atoms in total. The van der Waals surface area contributed by atoms with Gasteiger partial charge in [-0.25, -0.2) is 0 Å². The van der Waals surface area contributed by atoms with E-state index in [4.69, 9.17) is 0 Å². The predicted molar refractivity (Wildman–Crippen MR) is 72.4 cm³/mol. The second-order valence-electron chi connectivity index (χ2n) is 5.55. The van der Waals surface area contributed by atoms with Gasteiger partial charge in [0.25, 0.3) is 0 Å². The number of aryl methyl sites for hydroxylation is 1. The minimum atomic E-state index is -0.698. The largest absolute Gasteiger partial charge is 0.384 e. The smallest absolute Gasteiger partial charge is 0.107 e. The summed E-state index contributed by atoms with van der Waals surface area (Å²) in [6.07, 6.45) is 4.48. The van der Waals surface area contributed by atoms with Crippen LogP contribution in [0.4, 0.5) is 0 Å². The van der Waals surface area contributed by atoms with E-state index in [1.54, 1.807) is 6.20 Å². The van der Waals surface area contributed by atoms with Gasteiger partial charge in [-0.1, -0.05) is 0 Å². The molecule has 0 aliphatic carbocycles. The molecule has 0 saturated carbocycles. The molecule has 4 heteroatoms. The third kappa shape index (κ3) is 2.59. The number of likely N-dealkylation sites (tertiary alicyclic amines) is 1. The van der Waals surface area contributed by atoms with Crippen molar-refractivity contribution in [3.63, 3.8) is 0 Å². The molecule has 0 radical (unpaired) electrons. The zero-order valence-electron chi connectivity index (χ0n) is 11.8. The molecule has 0 amide bonds. The molecule has 1 saturated heterocycles. The molecule has 1 fully saturated rings. The fourth-order valence-electron chi connectivity index (χ4n) is 2.89. The third-order valence-corrected chi connectivity index (χ3v) is 4.07. The van der Waals surface area contributed by atoms with Crippen LogP contribution in [0.15, 0.2) is 12.3 Å². The van der Waals surface area contributed by atoms with Crippen molar-refractivity contribution in [1.29, 1.82) is 0 Å². The second-order valence-corrected chi connectivity index (χ2v) is 5.55. The van der Waals surface area contributed by atoms with Gasteiger partial charge in [-0.3, -0.25) is 4.68 Å². The summed E-state index contributed by atoms with van der Waals surface area (Å²) in [5.74, 6) is 0. The lowest BCUT2D eigenvalue weighted by Crippen LogP contribution is -2.34. The zero-order valence-corrected chi connectivity index (χ0v) is 11.8. The van der Waals surface area contributed by atoms with Crippen LogP contribution in [0.2, 0.25) is 0 Å². The molecule has 0 bridgehead atoms. The van der Waals surface area contributed by atoms with Gasteiger partial charge in [-0.15, -0.1) is 0 Å². The van der Waals surface area contributed by atoms with Crippen molar-refractivity contribution < 1.29 is 5.11 Å². The van der Waals surface area contributed by atoms with Crippen LogP contribution >= 0.6 is 0 Å². The van der Waals surface area contributed by atoms with E-state index in [1.807, 2.05) is 10.7 Å². The van der Waals surface area contributed by atoms with E-state index in [1.165, 1.54) is 0 Å². The third-order valence-electron chi connectivity index (χ3n) is 4.07. The predicted octanol–water partition coefficient (Wildman–Crippen LogP) is 1.98. The first kappa shape index (κ1) is 13.6. The normalized spacial score (nSPS) is 26.5. The van der Waals surface area contributed by atoms with E-state index in [9.17, 15) is 5.11 Å². The van der Waals surface area contributed by atoms with Crippen molar-refractivity contribution >= 4 is 0 Å². The van der Waals surface area contributed by atoms with Gasteiger partial charge in [0.15, 0.2) is 0 Å². The molecule has 18 heavy (non-hydrogen) atoms. The number of aromatic nitrogens is 2. The van der Waals surface area contributed by atoms with Crippen LogP contribution < -0.4 is 0 Å². The molecule has 1 aromatic heterocycles. The molecule has 1 unspecified atom stereocenters. The molecular weight excluding hydrogens is 226 g/mol. The Hall–Kier alpha value is -0.870. The zero-order chi connectivity index (χ0) is 13.2. The Bertz CT molecular complexity index is 388. The average molecular weight is 251 g/mol. The summed E-state index contributed by atoms with van der Waals surface area (Å²) in [5.41, 5.74) is 0.284.